The average Bonchev–Trinajstić information content (AvgIpc) is 2.67. The van der Waals surface area contributed by atoms with Gasteiger partial charge in [-0.15, -0.1) is 3.89 Å². The van der Waals surface area contributed by atoms with E-state index in [0.717, 1.165) is 4.90 Å². The number of carbonyl (C=O) groups is 2. The minimum atomic E-state index is -4.68. The number of anilines is 1. The molecular formula is C11H11FN2O5S. The fourth-order valence-corrected chi connectivity index (χ4v) is 2.94. The summed E-state index contributed by atoms with van der Waals surface area (Å²) in [7, 11) is -4.68. The van der Waals surface area contributed by atoms with Gasteiger partial charge in [0.15, 0.2) is 0 Å². The molecule has 0 spiro atoms. The molecule has 7 nitrogen and oxygen atoms in total. The van der Waals surface area contributed by atoms with Gasteiger partial charge in [-0.1, -0.05) is 0 Å². The van der Waals surface area contributed by atoms with E-state index >= 15 is 0 Å². The van der Waals surface area contributed by atoms with Crippen LogP contribution in [0.2, 0.25) is 0 Å². The van der Waals surface area contributed by atoms with E-state index in [2.05, 4.69) is 4.98 Å². The highest BCUT2D eigenvalue weighted by molar-refractivity contribution is 7.86. The van der Waals surface area contributed by atoms with Crippen LogP contribution in [0.25, 0.3) is 0 Å². The lowest BCUT2D eigenvalue weighted by molar-refractivity contribution is -0.117. The molecule has 0 bridgehead atoms. The Bertz CT molecular complexity index is 661. The molecule has 9 heteroatoms. The van der Waals surface area contributed by atoms with Crippen molar-refractivity contribution in [1.82, 2.24) is 4.98 Å². The Morgan fingerprint density at radius 3 is 2.85 bits per heavy atom. The van der Waals surface area contributed by atoms with E-state index in [4.69, 9.17) is 5.11 Å². The van der Waals surface area contributed by atoms with Crippen molar-refractivity contribution in [2.24, 2.45) is 5.92 Å². The summed E-state index contributed by atoms with van der Waals surface area (Å²) in [6.07, 6.45) is 1.17. The molecular weight excluding hydrogens is 291 g/mol. The van der Waals surface area contributed by atoms with E-state index in [9.17, 15) is 21.9 Å². The quantitative estimate of drug-likeness (QED) is 0.809. The summed E-state index contributed by atoms with van der Waals surface area (Å²) < 4.78 is 33.8. The van der Waals surface area contributed by atoms with Gasteiger partial charge >= 0.3 is 16.2 Å². The second-order valence-electron chi connectivity index (χ2n) is 4.46. The second-order valence-corrected chi connectivity index (χ2v) is 5.87. The first-order chi connectivity index (χ1) is 9.28. The van der Waals surface area contributed by atoms with E-state index in [-0.39, 0.29) is 24.3 Å². The van der Waals surface area contributed by atoms with Gasteiger partial charge in [-0.25, -0.2) is 9.78 Å². The molecule has 0 aliphatic carbocycles. The summed E-state index contributed by atoms with van der Waals surface area (Å²) >= 11 is 0. The second kappa shape index (κ2) is 5.16. The number of carbonyl (C=O) groups excluding carboxylic acids is 1. The van der Waals surface area contributed by atoms with Crippen LogP contribution >= 0.6 is 0 Å². The highest BCUT2D eigenvalue weighted by Gasteiger charge is 2.35. The predicted molar refractivity (Wildman–Crippen MR) is 66.6 cm³/mol. The van der Waals surface area contributed by atoms with Gasteiger partial charge < -0.3 is 5.11 Å². The molecule has 1 aromatic rings. The van der Waals surface area contributed by atoms with Crippen molar-refractivity contribution in [3.05, 3.63) is 23.9 Å². The number of pyridine rings is 1. The van der Waals surface area contributed by atoms with Gasteiger partial charge in [0, 0.05) is 25.1 Å². The van der Waals surface area contributed by atoms with Crippen molar-refractivity contribution in [1.29, 1.82) is 0 Å². The molecule has 1 aliphatic heterocycles. The Labute approximate surface area is 114 Å². The predicted octanol–water partition coefficient (Wildman–Crippen LogP) is 0.432. The Hall–Kier alpha value is -2.03. The number of carboxylic acids is 1. The van der Waals surface area contributed by atoms with Gasteiger partial charge in [0.2, 0.25) is 5.91 Å². The average molecular weight is 302 g/mol. The minimum Gasteiger partial charge on any atom is -0.478 e. The zero-order chi connectivity index (χ0) is 14.9. The van der Waals surface area contributed by atoms with Crippen molar-refractivity contribution >= 4 is 27.9 Å². The molecule has 108 valence electrons. The summed E-state index contributed by atoms with van der Waals surface area (Å²) in [5, 5.41) is 9.03. The van der Waals surface area contributed by atoms with Crippen molar-refractivity contribution in [2.45, 2.75) is 6.42 Å². The van der Waals surface area contributed by atoms with Crippen LogP contribution in [-0.4, -0.2) is 42.7 Å². The van der Waals surface area contributed by atoms with E-state index in [1.807, 2.05) is 0 Å². The molecule has 0 radical (unpaired) electrons. The summed E-state index contributed by atoms with van der Waals surface area (Å²) in [6.45, 7) is -0.0702. The third kappa shape index (κ3) is 3.10. The number of carboxylic acid groups (broad SMARTS) is 1. The molecule has 2 rings (SSSR count). The zero-order valence-electron chi connectivity index (χ0n) is 10.2. The molecule has 1 N–H and O–H groups in total. The summed E-state index contributed by atoms with van der Waals surface area (Å²) in [4.78, 5) is 27.8. The van der Waals surface area contributed by atoms with E-state index in [1.54, 1.807) is 0 Å². The number of amides is 1. The summed E-state index contributed by atoms with van der Waals surface area (Å²) in [5.74, 6) is -3.24. The van der Waals surface area contributed by atoms with Crippen LogP contribution in [0.1, 0.15) is 16.8 Å². The molecule has 1 aromatic heterocycles. The third-order valence-electron chi connectivity index (χ3n) is 2.91. The van der Waals surface area contributed by atoms with Crippen molar-refractivity contribution in [3.8, 4) is 0 Å². The van der Waals surface area contributed by atoms with Gasteiger partial charge in [0.25, 0.3) is 0 Å². The molecule has 1 unspecified atom stereocenters. The largest absolute Gasteiger partial charge is 0.478 e. The zero-order valence-corrected chi connectivity index (χ0v) is 11.0. The van der Waals surface area contributed by atoms with E-state index in [0.29, 0.717) is 0 Å². The van der Waals surface area contributed by atoms with Gasteiger partial charge in [-0.3, -0.25) is 9.69 Å². The molecule has 0 saturated carbocycles. The SMILES string of the molecule is O=C(O)c1cccnc1N1CC(CS(=O)(=O)F)CC1=O. The minimum absolute atomic E-state index is 0.0521. The number of nitrogens with zero attached hydrogens (tertiary/aromatic N) is 2. The Kier molecular flexibility index (Phi) is 3.71. The number of hydrogen-bond acceptors (Lipinski definition) is 5. The molecule has 2 heterocycles. The van der Waals surface area contributed by atoms with Crippen molar-refractivity contribution < 1.29 is 27.0 Å². The lowest BCUT2D eigenvalue weighted by Crippen LogP contribution is -2.28. The fourth-order valence-electron chi connectivity index (χ4n) is 2.16. The standard InChI is InChI=1S/C11H11FN2O5S/c12-20(18,19)6-7-4-9(15)14(5-7)10-8(11(16)17)2-1-3-13-10/h1-3,7H,4-6H2,(H,16,17). The lowest BCUT2D eigenvalue weighted by Gasteiger charge is -2.17. The number of halogens is 1. The molecule has 1 saturated heterocycles. The van der Waals surface area contributed by atoms with E-state index < -0.39 is 33.8 Å². The first kappa shape index (κ1) is 14.4. The van der Waals surface area contributed by atoms with Crippen molar-refractivity contribution in [3.63, 3.8) is 0 Å². The van der Waals surface area contributed by atoms with Gasteiger partial charge in [0.1, 0.15) is 11.4 Å². The Morgan fingerprint density at radius 1 is 1.55 bits per heavy atom. The molecule has 1 amide bonds. The first-order valence-corrected chi connectivity index (χ1v) is 7.24. The van der Waals surface area contributed by atoms with Crippen LogP contribution in [0, 0.1) is 5.92 Å². The van der Waals surface area contributed by atoms with Gasteiger partial charge in [0.05, 0.1) is 5.75 Å². The lowest BCUT2D eigenvalue weighted by atomic mass is 10.1. The number of hydrogen-bond donors (Lipinski definition) is 1. The monoisotopic (exact) mass is 302 g/mol. The fraction of sp³-hybridized carbons (Fsp3) is 0.364. The number of aromatic nitrogens is 1. The molecule has 0 aromatic carbocycles. The van der Waals surface area contributed by atoms with Crippen LogP contribution in [0.4, 0.5) is 9.70 Å². The van der Waals surface area contributed by atoms with Crippen LogP contribution in [0.5, 0.6) is 0 Å². The van der Waals surface area contributed by atoms with Crippen molar-refractivity contribution in [2.75, 3.05) is 17.2 Å². The maximum absolute atomic E-state index is 12.6. The van der Waals surface area contributed by atoms with E-state index in [1.165, 1.54) is 18.3 Å². The summed E-state index contributed by atoms with van der Waals surface area (Å²) in [6, 6.07) is 2.70. The molecule has 1 fully saturated rings. The first-order valence-electron chi connectivity index (χ1n) is 5.69. The normalized spacial score (nSPS) is 19.4. The number of aromatic carboxylic acids is 1. The van der Waals surface area contributed by atoms with Crippen LogP contribution in [-0.2, 0) is 15.0 Å². The Morgan fingerprint density at radius 2 is 2.25 bits per heavy atom. The highest BCUT2D eigenvalue weighted by Crippen LogP contribution is 2.27. The van der Waals surface area contributed by atoms with Gasteiger partial charge in [-0.2, -0.15) is 8.42 Å². The number of rotatable bonds is 4. The Balaban J connectivity index is 2.27. The molecule has 1 aliphatic rings. The smallest absolute Gasteiger partial charge is 0.339 e. The third-order valence-corrected chi connectivity index (χ3v) is 3.78. The van der Waals surface area contributed by atoms with Crippen LogP contribution in [0.3, 0.4) is 0 Å². The molecule has 20 heavy (non-hydrogen) atoms. The maximum atomic E-state index is 12.6. The topological polar surface area (TPSA) is 105 Å². The van der Waals surface area contributed by atoms with Crippen LogP contribution < -0.4 is 4.90 Å². The molecule has 1 atom stereocenters. The maximum Gasteiger partial charge on any atom is 0.339 e. The summed E-state index contributed by atoms with van der Waals surface area (Å²) in [5.41, 5.74) is -0.162. The van der Waals surface area contributed by atoms with Crippen LogP contribution in [0.15, 0.2) is 18.3 Å². The van der Waals surface area contributed by atoms with Gasteiger partial charge in [-0.05, 0) is 12.1 Å². The highest BCUT2D eigenvalue weighted by atomic mass is 32.3.